The van der Waals surface area contributed by atoms with Crippen LogP contribution in [0.1, 0.15) is 35.4 Å². The number of ether oxygens (including phenoxy) is 1. The average molecular weight is 388 g/mol. The minimum absolute atomic E-state index is 0.0394. The van der Waals surface area contributed by atoms with Gasteiger partial charge in [0.25, 0.3) is 5.91 Å². The number of likely N-dealkylation sites (tertiary alicyclic amines) is 2. The minimum Gasteiger partial charge on any atom is -0.497 e. The number of fused-ring (bicyclic) bond motifs is 1. The number of aliphatic hydroxyl groups excluding tert-OH is 2. The van der Waals surface area contributed by atoms with E-state index in [1.165, 1.54) is 0 Å². The van der Waals surface area contributed by atoms with Gasteiger partial charge in [0.05, 0.1) is 19.3 Å². The molecule has 0 radical (unpaired) electrons. The second kappa shape index (κ2) is 7.73. The van der Waals surface area contributed by atoms with Gasteiger partial charge in [-0.15, -0.1) is 0 Å². The molecule has 28 heavy (non-hydrogen) atoms. The summed E-state index contributed by atoms with van der Waals surface area (Å²) >= 11 is 0. The minimum atomic E-state index is -0.599. The molecule has 2 atom stereocenters. The molecule has 7 heteroatoms. The lowest BCUT2D eigenvalue weighted by Gasteiger charge is -2.43. The largest absolute Gasteiger partial charge is 0.497 e. The van der Waals surface area contributed by atoms with Gasteiger partial charge in [0.15, 0.2) is 5.76 Å². The average Bonchev–Trinajstić information content (AvgIpc) is 3.04. The van der Waals surface area contributed by atoms with Crippen molar-refractivity contribution in [3.8, 4) is 5.75 Å². The highest BCUT2D eigenvalue weighted by Gasteiger charge is 2.36. The molecule has 0 bridgehead atoms. The zero-order chi connectivity index (χ0) is 19.8. The molecule has 2 N–H and O–H groups in total. The Hall–Kier alpha value is -2.09. The number of hydrogen-bond acceptors (Lipinski definition) is 6. The lowest BCUT2D eigenvalue weighted by Crippen LogP contribution is -2.57. The molecule has 0 aliphatic carbocycles. The van der Waals surface area contributed by atoms with Crippen molar-refractivity contribution in [2.24, 2.45) is 0 Å². The molecule has 0 unspecified atom stereocenters. The van der Waals surface area contributed by atoms with Crippen molar-refractivity contribution in [1.29, 1.82) is 0 Å². The Morgan fingerprint density at radius 1 is 1.18 bits per heavy atom. The zero-order valence-corrected chi connectivity index (χ0v) is 16.4. The fourth-order valence-corrected chi connectivity index (χ4v) is 4.43. The first-order valence-corrected chi connectivity index (χ1v) is 9.94. The van der Waals surface area contributed by atoms with Crippen LogP contribution in [0.15, 0.2) is 22.6 Å². The van der Waals surface area contributed by atoms with Crippen LogP contribution >= 0.6 is 0 Å². The summed E-state index contributed by atoms with van der Waals surface area (Å²) in [5.74, 6) is 0.831. The molecule has 4 rings (SSSR count). The summed E-state index contributed by atoms with van der Waals surface area (Å²) in [5, 5.41) is 21.3. The van der Waals surface area contributed by atoms with E-state index in [0.717, 1.165) is 43.3 Å². The van der Waals surface area contributed by atoms with Crippen LogP contribution in [0.3, 0.4) is 0 Å². The third kappa shape index (κ3) is 3.50. The normalized spacial score (nSPS) is 24.6. The summed E-state index contributed by atoms with van der Waals surface area (Å²) in [5.41, 5.74) is 1.44. The van der Waals surface area contributed by atoms with E-state index in [2.05, 4.69) is 4.90 Å². The van der Waals surface area contributed by atoms with Crippen LogP contribution in [-0.4, -0.2) is 77.5 Å². The van der Waals surface area contributed by atoms with Gasteiger partial charge in [0.1, 0.15) is 11.3 Å². The summed E-state index contributed by atoms with van der Waals surface area (Å²) < 4.78 is 11.1. The number of β-amino-alcohol motifs (C(OH)–C–C–N with tert-alkyl or cyclic N) is 1. The summed E-state index contributed by atoms with van der Waals surface area (Å²) in [4.78, 5) is 17.0. The molecule has 0 spiro atoms. The summed E-state index contributed by atoms with van der Waals surface area (Å²) in [7, 11) is 1.59. The number of nitrogens with zero attached hydrogens (tertiary/aromatic N) is 2. The highest BCUT2D eigenvalue weighted by Crippen LogP contribution is 2.30. The van der Waals surface area contributed by atoms with Crippen molar-refractivity contribution in [2.45, 2.75) is 44.4 Å². The number of hydrogen-bond donors (Lipinski definition) is 2. The summed E-state index contributed by atoms with van der Waals surface area (Å²) in [6.45, 7) is 4.35. The monoisotopic (exact) mass is 388 g/mol. The quantitative estimate of drug-likeness (QED) is 0.834. The number of aryl methyl sites for hydroxylation is 1. The Morgan fingerprint density at radius 2 is 1.93 bits per heavy atom. The first-order chi connectivity index (χ1) is 13.5. The number of rotatable bonds is 3. The van der Waals surface area contributed by atoms with Crippen molar-refractivity contribution in [3.05, 3.63) is 29.5 Å². The first kappa shape index (κ1) is 19.2. The second-order valence-electron chi connectivity index (χ2n) is 7.86. The van der Waals surface area contributed by atoms with Crippen LogP contribution in [0.4, 0.5) is 0 Å². The van der Waals surface area contributed by atoms with E-state index < -0.39 is 6.10 Å². The van der Waals surface area contributed by atoms with E-state index in [1.54, 1.807) is 18.1 Å². The maximum Gasteiger partial charge on any atom is 0.289 e. The van der Waals surface area contributed by atoms with Crippen LogP contribution in [0, 0.1) is 6.92 Å². The number of carbonyl (C=O) groups is 1. The van der Waals surface area contributed by atoms with Gasteiger partial charge in [0, 0.05) is 49.2 Å². The number of piperidine rings is 2. The maximum absolute atomic E-state index is 13.1. The van der Waals surface area contributed by atoms with Gasteiger partial charge in [-0.05, 0) is 38.3 Å². The standard InChI is InChI=1S/C21H28N2O5/c1-13-16-4-3-15(27-2)11-19(16)28-20(13)21(26)23-10-7-17(18(25)12-23)22-8-5-14(24)6-9-22/h3-4,11,14,17-18,24-25H,5-10,12H2,1-2H3/t17-,18-/m1/s1. The molecular formula is C21H28N2O5. The molecule has 1 aromatic heterocycles. The van der Waals surface area contributed by atoms with Crippen LogP contribution in [0.2, 0.25) is 0 Å². The highest BCUT2D eigenvalue weighted by molar-refractivity contribution is 5.99. The van der Waals surface area contributed by atoms with Crippen LogP contribution < -0.4 is 4.74 Å². The van der Waals surface area contributed by atoms with Crippen molar-refractivity contribution in [3.63, 3.8) is 0 Å². The van der Waals surface area contributed by atoms with Gasteiger partial charge < -0.3 is 24.3 Å². The van der Waals surface area contributed by atoms with Crippen molar-refractivity contribution in [2.75, 3.05) is 33.3 Å². The number of aliphatic hydroxyl groups is 2. The Kier molecular flexibility index (Phi) is 5.31. The lowest BCUT2D eigenvalue weighted by molar-refractivity contribution is -0.0296. The molecule has 7 nitrogen and oxygen atoms in total. The Labute approximate surface area is 164 Å². The van der Waals surface area contributed by atoms with E-state index in [1.807, 2.05) is 19.1 Å². The topological polar surface area (TPSA) is 86.4 Å². The Bertz CT molecular complexity index is 856. The number of benzene rings is 1. The van der Waals surface area contributed by atoms with E-state index in [4.69, 9.17) is 9.15 Å². The molecule has 2 aliphatic rings. The fraction of sp³-hybridized carbons (Fsp3) is 0.571. The van der Waals surface area contributed by atoms with Gasteiger partial charge in [0.2, 0.25) is 0 Å². The summed E-state index contributed by atoms with van der Waals surface area (Å²) in [6.07, 6.45) is 1.37. The zero-order valence-electron chi connectivity index (χ0n) is 16.4. The van der Waals surface area contributed by atoms with Gasteiger partial charge in [-0.2, -0.15) is 0 Å². The predicted molar refractivity (Wildman–Crippen MR) is 105 cm³/mol. The molecule has 2 aliphatic heterocycles. The molecule has 1 amide bonds. The second-order valence-corrected chi connectivity index (χ2v) is 7.86. The molecule has 2 fully saturated rings. The Balaban J connectivity index is 1.47. The maximum atomic E-state index is 13.1. The predicted octanol–water partition coefficient (Wildman–Crippen LogP) is 1.78. The highest BCUT2D eigenvalue weighted by atomic mass is 16.5. The van der Waals surface area contributed by atoms with E-state index >= 15 is 0 Å². The van der Waals surface area contributed by atoms with Gasteiger partial charge in [-0.3, -0.25) is 9.69 Å². The van der Waals surface area contributed by atoms with Crippen LogP contribution in [0.25, 0.3) is 11.0 Å². The first-order valence-electron chi connectivity index (χ1n) is 9.94. The molecule has 152 valence electrons. The van der Waals surface area contributed by atoms with Crippen molar-refractivity contribution in [1.82, 2.24) is 9.80 Å². The van der Waals surface area contributed by atoms with Crippen LogP contribution in [0.5, 0.6) is 5.75 Å². The smallest absolute Gasteiger partial charge is 0.289 e. The van der Waals surface area contributed by atoms with E-state index in [0.29, 0.717) is 30.2 Å². The molecular weight excluding hydrogens is 360 g/mol. The molecule has 1 aromatic carbocycles. The number of amides is 1. The molecule has 2 saturated heterocycles. The third-order valence-corrected chi connectivity index (χ3v) is 6.14. The number of carbonyl (C=O) groups excluding carboxylic acids is 1. The van der Waals surface area contributed by atoms with E-state index in [-0.39, 0.29) is 18.1 Å². The van der Waals surface area contributed by atoms with Gasteiger partial charge in [-0.1, -0.05) is 0 Å². The number of furan rings is 1. The van der Waals surface area contributed by atoms with Gasteiger partial charge in [-0.25, -0.2) is 0 Å². The summed E-state index contributed by atoms with van der Waals surface area (Å²) in [6, 6.07) is 5.57. The fourth-order valence-electron chi connectivity index (χ4n) is 4.43. The van der Waals surface area contributed by atoms with E-state index in [9.17, 15) is 15.0 Å². The van der Waals surface area contributed by atoms with Crippen molar-refractivity contribution >= 4 is 16.9 Å². The molecule has 2 aromatic rings. The SMILES string of the molecule is COc1ccc2c(C)c(C(=O)N3CC[C@@H](N4CCC(O)CC4)[C@H](O)C3)oc2c1. The number of methoxy groups -OCH3 is 1. The molecule has 0 saturated carbocycles. The molecule has 3 heterocycles. The van der Waals surface area contributed by atoms with Gasteiger partial charge >= 0.3 is 0 Å². The lowest BCUT2D eigenvalue weighted by atomic mass is 9.96. The van der Waals surface area contributed by atoms with Crippen molar-refractivity contribution < 1.29 is 24.2 Å². The third-order valence-electron chi connectivity index (χ3n) is 6.14. The Morgan fingerprint density at radius 3 is 2.61 bits per heavy atom. The van der Waals surface area contributed by atoms with Crippen LogP contribution in [-0.2, 0) is 0 Å².